The zero-order valence-electron chi connectivity index (χ0n) is 11.5. The van der Waals surface area contributed by atoms with Crippen molar-refractivity contribution in [1.29, 1.82) is 0 Å². The molecule has 4 rings (SSSR count). The highest BCUT2D eigenvalue weighted by Crippen LogP contribution is 2.50. The van der Waals surface area contributed by atoms with E-state index in [4.69, 9.17) is 13.9 Å². The van der Waals surface area contributed by atoms with E-state index in [1.54, 1.807) is 6.26 Å². The van der Waals surface area contributed by atoms with Gasteiger partial charge in [-0.2, -0.15) is 0 Å². The van der Waals surface area contributed by atoms with Crippen molar-refractivity contribution in [3.8, 4) is 0 Å². The van der Waals surface area contributed by atoms with Crippen LogP contribution in [0.1, 0.15) is 48.4 Å². The molecule has 1 aromatic rings. The maximum absolute atomic E-state index is 12.6. The molecule has 0 N–H and O–H groups in total. The van der Waals surface area contributed by atoms with E-state index in [0.717, 1.165) is 24.2 Å². The minimum atomic E-state index is -0.303. The van der Waals surface area contributed by atoms with Crippen molar-refractivity contribution in [3.63, 3.8) is 0 Å². The molecule has 2 saturated heterocycles. The van der Waals surface area contributed by atoms with Crippen molar-refractivity contribution in [1.82, 2.24) is 0 Å². The second kappa shape index (κ2) is 3.30. The lowest BCUT2D eigenvalue weighted by molar-refractivity contribution is 0.0950. The average molecular weight is 262 g/mol. The lowest BCUT2D eigenvalue weighted by Crippen LogP contribution is -2.24. The Morgan fingerprint density at radius 2 is 2.05 bits per heavy atom. The summed E-state index contributed by atoms with van der Waals surface area (Å²) in [6.45, 7) is 6.03. The van der Waals surface area contributed by atoms with Crippen molar-refractivity contribution in [3.05, 3.63) is 23.2 Å². The third-order valence-electron chi connectivity index (χ3n) is 4.87. The molecule has 0 aromatic carbocycles. The molecule has 3 heterocycles. The molecule has 4 atom stereocenters. The Morgan fingerprint density at radius 1 is 1.26 bits per heavy atom. The van der Waals surface area contributed by atoms with Gasteiger partial charge in [-0.3, -0.25) is 4.79 Å². The van der Waals surface area contributed by atoms with Gasteiger partial charge in [-0.25, -0.2) is 0 Å². The van der Waals surface area contributed by atoms with Gasteiger partial charge in [-0.1, -0.05) is 0 Å². The van der Waals surface area contributed by atoms with Gasteiger partial charge in [0.2, 0.25) is 0 Å². The van der Waals surface area contributed by atoms with E-state index < -0.39 is 0 Å². The van der Waals surface area contributed by atoms with Crippen LogP contribution in [-0.2, 0) is 15.9 Å². The van der Waals surface area contributed by atoms with Crippen LogP contribution in [0.4, 0.5) is 0 Å². The van der Waals surface area contributed by atoms with Crippen molar-refractivity contribution in [2.45, 2.75) is 63.4 Å². The minimum absolute atomic E-state index is 0.0754. The van der Waals surface area contributed by atoms with Crippen molar-refractivity contribution in [2.24, 2.45) is 0 Å². The van der Waals surface area contributed by atoms with Crippen LogP contribution in [0.15, 0.2) is 10.7 Å². The van der Waals surface area contributed by atoms with Crippen LogP contribution in [0.2, 0.25) is 0 Å². The van der Waals surface area contributed by atoms with Crippen LogP contribution in [0.25, 0.3) is 0 Å². The smallest absolute Gasteiger partial charge is 0.198 e. The van der Waals surface area contributed by atoms with Gasteiger partial charge in [-0.15, -0.1) is 0 Å². The number of aryl methyl sites for hydroxylation is 1. The Labute approximate surface area is 112 Å². The molecule has 3 aliphatic rings. The summed E-state index contributed by atoms with van der Waals surface area (Å²) in [5, 5.41) is 0. The van der Waals surface area contributed by atoms with Gasteiger partial charge < -0.3 is 13.9 Å². The van der Waals surface area contributed by atoms with E-state index >= 15 is 0 Å². The van der Waals surface area contributed by atoms with Gasteiger partial charge in [0.05, 0.1) is 23.5 Å². The van der Waals surface area contributed by atoms with Gasteiger partial charge in [0, 0.05) is 6.42 Å². The standard InChI is InChI=1S/C15H18O4/c1-8-7-17-9-6-15(3)10(18-15)4-5-14(2)13(19-14)12(16)11(8)9/h7,10,13H,4-6H2,1-3H3/t10-,13-,14+,15+/m0/s1. The maximum atomic E-state index is 12.6. The predicted molar refractivity (Wildman–Crippen MR) is 67.3 cm³/mol. The summed E-state index contributed by atoms with van der Waals surface area (Å²) < 4.78 is 17.1. The highest BCUT2D eigenvalue weighted by molar-refractivity contribution is 6.04. The van der Waals surface area contributed by atoms with Gasteiger partial charge >= 0.3 is 0 Å². The van der Waals surface area contributed by atoms with E-state index in [2.05, 4.69) is 6.92 Å². The molecule has 2 aliphatic heterocycles. The molecule has 0 spiro atoms. The van der Waals surface area contributed by atoms with Crippen LogP contribution in [0, 0.1) is 6.92 Å². The molecule has 0 radical (unpaired) electrons. The van der Waals surface area contributed by atoms with E-state index in [1.165, 1.54) is 0 Å². The third-order valence-corrected chi connectivity index (χ3v) is 4.87. The molecule has 0 saturated carbocycles. The Bertz CT molecular complexity index is 575. The number of carbonyl (C=O) groups excluding carboxylic acids is 1. The Balaban J connectivity index is 1.78. The Hall–Kier alpha value is -1.13. The summed E-state index contributed by atoms with van der Waals surface area (Å²) in [4.78, 5) is 12.6. The van der Waals surface area contributed by atoms with Crippen LogP contribution >= 0.6 is 0 Å². The second-order valence-electron chi connectivity index (χ2n) is 6.53. The molecule has 1 aliphatic carbocycles. The zero-order valence-corrected chi connectivity index (χ0v) is 11.5. The number of furan rings is 1. The van der Waals surface area contributed by atoms with E-state index in [0.29, 0.717) is 12.0 Å². The first-order valence-corrected chi connectivity index (χ1v) is 6.90. The number of epoxide rings is 2. The fourth-order valence-electron chi connectivity index (χ4n) is 3.39. The fourth-order valence-corrected chi connectivity index (χ4v) is 3.39. The van der Waals surface area contributed by atoms with Gasteiger partial charge in [0.1, 0.15) is 17.5 Å². The minimum Gasteiger partial charge on any atom is -0.468 e. The molecule has 1 aromatic heterocycles. The Kier molecular flexibility index (Phi) is 2.03. The van der Waals surface area contributed by atoms with Crippen molar-refractivity contribution < 1.29 is 18.7 Å². The molecule has 0 amide bonds. The zero-order chi connectivity index (χ0) is 13.4. The molecular weight excluding hydrogens is 244 g/mol. The molecule has 102 valence electrons. The van der Waals surface area contributed by atoms with Gasteiger partial charge in [0.15, 0.2) is 5.78 Å². The SMILES string of the molecule is Cc1coc2c1C(=O)[C@@H]1O[C@]1(C)CC[C@@H]1O[C@]1(C)C2. The largest absolute Gasteiger partial charge is 0.468 e. The summed E-state index contributed by atoms with van der Waals surface area (Å²) in [5.74, 6) is 0.832. The van der Waals surface area contributed by atoms with Crippen LogP contribution in [0.3, 0.4) is 0 Å². The Morgan fingerprint density at radius 3 is 2.84 bits per heavy atom. The topological polar surface area (TPSA) is 55.3 Å². The molecule has 4 heteroatoms. The summed E-state index contributed by atoms with van der Waals surface area (Å²) in [5.41, 5.74) is 1.14. The first kappa shape index (κ1) is 11.7. The van der Waals surface area contributed by atoms with Crippen molar-refractivity contribution in [2.75, 3.05) is 0 Å². The lowest BCUT2D eigenvalue weighted by Gasteiger charge is -2.10. The summed E-state index contributed by atoms with van der Waals surface area (Å²) in [6, 6.07) is 0. The number of rotatable bonds is 0. The summed E-state index contributed by atoms with van der Waals surface area (Å²) in [7, 11) is 0. The predicted octanol–water partition coefficient (Wildman–Crippen LogP) is 2.42. The third kappa shape index (κ3) is 1.56. The molecule has 19 heavy (non-hydrogen) atoms. The van der Waals surface area contributed by atoms with E-state index in [9.17, 15) is 4.79 Å². The highest BCUT2D eigenvalue weighted by atomic mass is 16.6. The van der Waals surface area contributed by atoms with Crippen molar-refractivity contribution >= 4 is 5.78 Å². The first-order chi connectivity index (χ1) is 8.93. The van der Waals surface area contributed by atoms with Gasteiger partial charge in [-0.05, 0) is 39.2 Å². The molecule has 2 fully saturated rings. The van der Waals surface area contributed by atoms with E-state index in [-0.39, 0.29) is 29.2 Å². The number of hydrogen-bond donors (Lipinski definition) is 0. The lowest BCUT2D eigenvalue weighted by atomic mass is 9.87. The number of ether oxygens (including phenoxy) is 2. The number of Topliss-reactive ketones (excluding diaryl/α,β-unsaturated/α-hetero) is 1. The van der Waals surface area contributed by atoms with Gasteiger partial charge in [0.25, 0.3) is 0 Å². The first-order valence-electron chi connectivity index (χ1n) is 6.90. The number of ketones is 1. The van der Waals surface area contributed by atoms with Crippen LogP contribution in [0.5, 0.6) is 0 Å². The summed E-state index contributed by atoms with van der Waals surface area (Å²) in [6.07, 6.45) is 4.14. The van der Waals surface area contributed by atoms with Crippen LogP contribution < -0.4 is 0 Å². The quantitative estimate of drug-likeness (QED) is 0.674. The molecule has 0 bridgehead atoms. The number of fused-ring (bicyclic) bond motifs is 3. The summed E-state index contributed by atoms with van der Waals surface area (Å²) >= 11 is 0. The normalized spacial score (nSPS) is 44.1. The number of carbonyl (C=O) groups is 1. The van der Waals surface area contributed by atoms with Crippen LogP contribution in [-0.4, -0.2) is 29.2 Å². The molecular formula is C15H18O4. The monoisotopic (exact) mass is 262 g/mol. The second-order valence-corrected chi connectivity index (χ2v) is 6.53. The molecule has 0 unspecified atom stereocenters. The average Bonchev–Trinajstić information content (AvgIpc) is 3.15. The fraction of sp³-hybridized carbons (Fsp3) is 0.667. The maximum Gasteiger partial charge on any atom is 0.198 e. The molecule has 4 nitrogen and oxygen atoms in total. The highest BCUT2D eigenvalue weighted by Gasteiger charge is 2.61. The number of hydrogen-bond acceptors (Lipinski definition) is 4. The van der Waals surface area contributed by atoms with E-state index in [1.807, 2.05) is 13.8 Å².